The van der Waals surface area contributed by atoms with E-state index in [-0.39, 0.29) is 8.19 Å². The van der Waals surface area contributed by atoms with Gasteiger partial charge < -0.3 is 0 Å². The van der Waals surface area contributed by atoms with Crippen LogP contribution in [-0.4, -0.2) is 0 Å². The molecule has 0 fully saturated rings. The van der Waals surface area contributed by atoms with Gasteiger partial charge in [0.25, 0.3) is 0 Å². The van der Waals surface area contributed by atoms with Crippen molar-refractivity contribution in [2.75, 3.05) is 0 Å². The average molecular weight is 208 g/mol. The monoisotopic (exact) mass is 208 g/mol. The Bertz CT molecular complexity index is 324. The summed E-state index contributed by atoms with van der Waals surface area (Å²) in [4.78, 5) is 0. The zero-order valence-corrected chi connectivity index (χ0v) is 7.32. The summed E-state index contributed by atoms with van der Waals surface area (Å²) in [5.41, 5.74) is 0. The Labute approximate surface area is 73.6 Å². The van der Waals surface area contributed by atoms with Gasteiger partial charge in [-0.25, -0.2) is 17.6 Å². The van der Waals surface area contributed by atoms with Crippen molar-refractivity contribution >= 4 is 8.19 Å². The van der Waals surface area contributed by atoms with Gasteiger partial charge in [0, 0.05) is 0 Å². The second-order valence-corrected chi connectivity index (χ2v) is 3.12. The summed E-state index contributed by atoms with van der Waals surface area (Å²) in [5, 5.41) is 0. The van der Waals surface area contributed by atoms with Crippen LogP contribution in [0.15, 0.2) is 23.7 Å². The molecule has 13 heavy (non-hydrogen) atoms. The summed E-state index contributed by atoms with van der Waals surface area (Å²) < 4.78 is 50.3. The molecule has 0 nitrogen and oxygen atoms in total. The first-order valence-corrected chi connectivity index (χ1v) is 4.48. The van der Waals surface area contributed by atoms with Crippen LogP contribution >= 0.6 is 8.19 Å². The Hall–Kier alpha value is -1.02. The van der Waals surface area contributed by atoms with Crippen LogP contribution in [0.5, 0.6) is 0 Å². The van der Waals surface area contributed by atoms with Crippen LogP contribution in [0.25, 0.3) is 0 Å². The van der Waals surface area contributed by atoms with Crippen LogP contribution < -0.4 is 0 Å². The van der Waals surface area contributed by atoms with Crippen LogP contribution in [0.3, 0.4) is 0 Å². The molecule has 1 heterocycles. The minimum absolute atomic E-state index is 0.138. The largest absolute Gasteiger partial charge is 0.204 e. The number of rotatable bonds is 0. The van der Waals surface area contributed by atoms with Crippen LogP contribution in [0.4, 0.5) is 17.6 Å². The summed E-state index contributed by atoms with van der Waals surface area (Å²) in [5.74, 6) is -4.10. The Morgan fingerprint density at radius 1 is 0.923 bits per heavy atom. The Morgan fingerprint density at radius 3 is 2.23 bits per heavy atom. The molecular weight excluding hydrogens is 203 g/mol. The Kier molecular flexibility index (Phi) is 3.32. The first-order valence-electron chi connectivity index (χ1n) is 3.33. The van der Waals surface area contributed by atoms with Gasteiger partial charge in [-0.15, -0.1) is 8.19 Å². The molecule has 1 unspecified atom stereocenters. The van der Waals surface area contributed by atoms with Crippen molar-refractivity contribution in [2.24, 2.45) is 0 Å². The van der Waals surface area contributed by atoms with Gasteiger partial charge in [-0.05, 0) is 17.7 Å². The third kappa shape index (κ3) is 2.46. The lowest BCUT2D eigenvalue weighted by Gasteiger charge is -1.88. The molecule has 1 aromatic heterocycles. The molecule has 0 spiro atoms. The van der Waals surface area contributed by atoms with Gasteiger partial charge in [-0.3, -0.25) is 0 Å². The maximum absolute atomic E-state index is 12.6. The number of hydrogen-bond acceptors (Lipinski definition) is 0. The molecule has 0 saturated carbocycles. The van der Waals surface area contributed by atoms with Gasteiger partial charge in [0.1, 0.15) is 0 Å². The van der Waals surface area contributed by atoms with Gasteiger partial charge in [-0.1, -0.05) is 6.07 Å². The Morgan fingerprint density at radius 2 is 1.54 bits per heavy atom. The average Bonchev–Trinajstić information content (AvgIpc) is 2.16. The van der Waals surface area contributed by atoms with Crippen molar-refractivity contribution < 1.29 is 17.6 Å². The first kappa shape index (κ1) is 10.1. The highest BCUT2D eigenvalue weighted by atomic mass is 31.0. The number of halogens is 4. The van der Waals surface area contributed by atoms with Gasteiger partial charge in [0.2, 0.25) is 0 Å². The molecule has 0 aromatic carbocycles. The highest BCUT2D eigenvalue weighted by Gasteiger charge is 2.08. The van der Waals surface area contributed by atoms with E-state index in [1.54, 1.807) is 0 Å². The summed E-state index contributed by atoms with van der Waals surface area (Å²) in [7, 11) is -0.138. The van der Waals surface area contributed by atoms with Gasteiger partial charge in [-0.2, -0.15) is 0 Å². The third-order valence-corrected chi connectivity index (χ3v) is 2.06. The Balaban J connectivity index is 3.56. The normalized spacial score (nSPS) is 10.2. The fraction of sp³-hybridized carbons (Fsp3) is 0. The van der Waals surface area contributed by atoms with Gasteiger partial charge in [0.15, 0.2) is 23.3 Å². The standard InChI is InChI=1S/C8H5F4P/c9-5-2-1-3-13-4-6(10)8(12)7(5)11/h1-4,13H. The van der Waals surface area contributed by atoms with Crippen molar-refractivity contribution in [2.45, 2.75) is 0 Å². The molecule has 0 aliphatic rings. The highest BCUT2D eigenvalue weighted by molar-refractivity contribution is 7.28. The molecule has 0 bridgehead atoms. The van der Waals surface area contributed by atoms with Crippen molar-refractivity contribution in [3.05, 3.63) is 47.0 Å². The van der Waals surface area contributed by atoms with E-state index < -0.39 is 23.3 Å². The van der Waals surface area contributed by atoms with E-state index >= 15 is 0 Å². The molecule has 0 aliphatic carbocycles. The van der Waals surface area contributed by atoms with Gasteiger partial charge >= 0.3 is 0 Å². The molecule has 0 N–H and O–H groups in total. The molecule has 5 heteroatoms. The van der Waals surface area contributed by atoms with Gasteiger partial charge in [0.05, 0.1) is 0 Å². The van der Waals surface area contributed by atoms with E-state index in [1.165, 1.54) is 11.9 Å². The zero-order chi connectivity index (χ0) is 9.84. The lowest BCUT2D eigenvalue weighted by molar-refractivity contribution is 0.417. The maximum atomic E-state index is 12.6. The van der Waals surface area contributed by atoms with Crippen molar-refractivity contribution in [1.82, 2.24) is 0 Å². The molecule has 1 aromatic rings. The summed E-state index contributed by atoms with van der Waals surface area (Å²) in [6, 6.07) is 1.95. The van der Waals surface area contributed by atoms with E-state index in [4.69, 9.17) is 0 Å². The SMILES string of the molecule is Fc1ccc[pH]cc(F)c(F)c1F. The third-order valence-electron chi connectivity index (χ3n) is 1.26. The first-order chi connectivity index (χ1) is 6.13. The summed E-state index contributed by atoms with van der Waals surface area (Å²) >= 11 is 0. The lowest BCUT2D eigenvalue weighted by atomic mass is 10.4. The quantitative estimate of drug-likeness (QED) is 0.573. The maximum Gasteiger partial charge on any atom is 0.197 e. The van der Waals surface area contributed by atoms with E-state index in [1.807, 2.05) is 0 Å². The predicted molar refractivity (Wildman–Crippen MR) is 43.4 cm³/mol. The van der Waals surface area contributed by atoms with Crippen LogP contribution in [0.1, 0.15) is 0 Å². The van der Waals surface area contributed by atoms with E-state index in [9.17, 15) is 17.6 Å². The molecule has 0 aliphatic heterocycles. The van der Waals surface area contributed by atoms with E-state index in [0.29, 0.717) is 0 Å². The minimum Gasteiger partial charge on any atom is -0.204 e. The molecule has 0 radical (unpaired) electrons. The van der Waals surface area contributed by atoms with Crippen molar-refractivity contribution in [1.29, 1.82) is 0 Å². The second-order valence-electron chi connectivity index (χ2n) is 2.16. The molecule has 70 valence electrons. The molecule has 0 saturated heterocycles. The van der Waals surface area contributed by atoms with Crippen molar-refractivity contribution in [3.8, 4) is 0 Å². The molecule has 1 atom stereocenters. The fourth-order valence-corrected chi connectivity index (χ4v) is 1.23. The number of hydrogen-bond donors (Lipinski definition) is 0. The van der Waals surface area contributed by atoms with E-state index in [2.05, 4.69) is 0 Å². The predicted octanol–water partition coefficient (Wildman–Crippen LogP) is 3.40. The lowest BCUT2D eigenvalue weighted by Crippen LogP contribution is -1.88. The molecular formula is C8H5F4P. The highest BCUT2D eigenvalue weighted by Crippen LogP contribution is 2.12. The van der Waals surface area contributed by atoms with Crippen molar-refractivity contribution in [3.63, 3.8) is 0 Å². The van der Waals surface area contributed by atoms with Crippen LogP contribution in [-0.2, 0) is 0 Å². The second kappa shape index (κ2) is 4.28. The zero-order valence-electron chi connectivity index (χ0n) is 6.32. The minimum atomic E-state index is -1.80. The molecule has 1 rings (SSSR count). The summed E-state index contributed by atoms with van der Waals surface area (Å²) in [6.07, 6.45) is 0. The topological polar surface area (TPSA) is 0 Å². The van der Waals surface area contributed by atoms with E-state index in [0.717, 1.165) is 11.9 Å². The van der Waals surface area contributed by atoms with Crippen LogP contribution in [0.2, 0.25) is 0 Å². The smallest absolute Gasteiger partial charge is 0.197 e. The van der Waals surface area contributed by atoms with Crippen LogP contribution in [0, 0.1) is 23.3 Å². The summed E-state index contributed by atoms with van der Waals surface area (Å²) in [6.45, 7) is 0. The fourth-order valence-electron chi connectivity index (χ4n) is 0.656. The molecule has 0 amide bonds.